The van der Waals surface area contributed by atoms with Crippen molar-refractivity contribution in [3.8, 4) is 5.75 Å². The molecule has 0 aliphatic carbocycles. The molecule has 4 rings (SSSR count). The quantitative estimate of drug-likeness (QED) is 0.598. The Labute approximate surface area is 186 Å². The minimum Gasteiger partial charge on any atom is -0.497 e. The van der Waals surface area contributed by atoms with E-state index in [1.54, 1.807) is 7.11 Å². The topological polar surface area (TPSA) is 74.4 Å². The van der Waals surface area contributed by atoms with Gasteiger partial charge < -0.3 is 19.9 Å². The summed E-state index contributed by atoms with van der Waals surface area (Å²) in [4.78, 5) is 30.3. The van der Waals surface area contributed by atoms with Crippen molar-refractivity contribution in [2.75, 3.05) is 20.2 Å². The van der Waals surface area contributed by atoms with Crippen molar-refractivity contribution >= 4 is 34.3 Å². The Hall–Kier alpha value is -2.99. The number of benzene rings is 2. The molecule has 1 aliphatic heterocycles. The molecule has 0 radical (unpaired) electrons. The van der Waals surface area contributed by atoms with Gasteiger partial charge in [0.25, 0.3) is 5.91 Å². The molecule has 1 saturated heterocycles. The summed E-state index contributed by atoms with van der Waals surface area (Å²) in [6.45, 7) is 1.79. The van der Waals surface area contributed by atoms with Gasteiger partial charge >= 0.3 is 0 Å². The normalized spacial score (nSPS) is 14.6. The second kappa shape index (κ2) is 9.43. The molecule has 2 aromatic carbocycles. The third-order valence-electron chi connectivity index (χ3n) is 5.81. The number of hydrogen-bond acceptors (Lipinski definition) is 3. The third kappa shape index (κ3) is 5.20. The van der Waals surface area contributed by atoms with Gasteiger partial charge in [0.2, 0.25) is 5.91 Å². The van der Waals surface area contributed by atoms with E-state index < -0.39 is 0 Å². The molecule has 162 valence electrons. The first kappa shape index (κ1) is 21.2. The Balaban J connectivity index is 1.27. The van der Waals surface area contributed by atoms with Crippen LogP contribution in [-0.4, -0.2) is 41.9 Å². The molecule has 0 unspecified atom stereocenters. The van der Waals surface area contributed by atoms with E-state index in [1.165, 1.54) is 0 Å². The number of fused-ring (bicyclic) bond motifs is 1. The van der Waals surface area contributed by atoms with Gasteiger partial charge in [-0.05, 0) is 54.7 Å². The minimum absolute atomic E-state index is 0.000903. The number of carbonyl (C=O) groups excluding carboxylic acids is 2. The highest BCUT2D eigenvalue weighted by Crippen LogP contribution is 2.25. The predicted octanol–water partition coefficient (Wildman–Crippen LogP) is 4.39. The van der Waals surface area contributed by atoms with E-state index in [1.807, 2.05) is 53.4 Å². The highest BCUT2D eigenvalue weighted by molar-refractivity contribution is 6.30. The van der Waals surface area contributed by atoms with Crippen molar-refractivity contribution < 1.29 is 14.3 Å². The maximum Gasteiger partial charge on any atom is 0.270 e. The molecular formula is C24H26ClN3O3. The summed E-state index contributed by atoms with van der Waals surface area (Å²) in [5.74, 6) is 1.08. The molecule has 1 aromatic heterocycles. The van der Waals surface area contributed by atoms with Crippen LogP contribution < -0.4 is 10.1 Å². The number of piperidine rings is 1. The van der Waals surface area contributed by atoms with Gasteiger partial charge in [0, 0.05) is 48.0 Å². The van der Waals surface area contributed by atoms with Gasteiger partial charge in [0.1, 0.15) is 11.4 Å². The summed E-state index contributed by atoms with van der Waals surface area (Å²) in [5, 5.41) is 4.61. The summed E-state index contributed by atoms with van der Waals surface area (Å²) in [6.07, 6.45) is 2.13. The second-order valence-electron chi connectivity index (χ2n) is 7.98. The summed E-state index contributed by atoms with van der Waals surface area (Å²) >= 11 is 5.98. The molecule has 1 aliphatic rings. The van der Waals surface area contributed by atoms with Gasteiger partial charge in [-0.2, -0.15) is 0 Å². The van der Waals surface area contributed by atoms with Crippen LogP contribution in [0.2, 0.25) is 5.02 Å². The van der Waals surface area contributed by atoms with E-state index in [0.29, 0.717) is 36.8 Å². The minimum atomic E-state index is -0.000903. The third-order valence-corrected chi connectivity index (χ3v) is 6.05. The average molecular weight is 440 g/mol. The number of nitrogens with one attached hydrogen (secondary N) is 2. The first-order valence-electron chi connectivity index (χ1n) is 10.5. The number of aromatic amines is 1. The molecule has 2 heterocycles. The van der Waals surface area contributed by atoms with Crippen LogP contribution in [0, 0.1) is 5.92 Å². The zero-order valence-electron chi connectivity index (χ0n) is 17.5. The number of methoxy groups -OCH3 is 1. The van der Waals surface area contributed by atoms with Crippen LogP contribution in [0.15, 0.2) is 48.5 Å². The van der Waals surface area contributed by atoms with Crippen molar-refractivity contribution in [2.45, 2.75) is 25.8 Å². The molecule has 0 atom stereocenters. The lowest BCUT2D eigenvalue weighted by Gasteiger charge is -2.31. The largest absolute Gasteiger partial charge is 0.497 e. The number of carbonyl (C=O) groups is 2. The summed E-state index contributed by atoms with van der Waals surface area (Å²) in [6, 6.07) is 15.1. The Morgan fingerprint density at radius 1 is 1.16 bits per heavy atom. The van der Waals surface area contributed by atoms with E-state index in [-0.39, 0.29) is 17.7 Å². The molecule has 3 aromatic rings. The lowest BCUT2D eigenvalue weighted by Crippen LogP contribution is -2.39. The van der Waals surface area contributed by atoms with Crippen LogP contribution in [0.3, 0.4) is 0 Å². The zero-order chi connectivity index (χ0) is 21.8. The van der Waals surface area contributed by atoms with Crippen LogP contribution in [0.4, 0.5) is 0 Å². The molecule has 31 heavy (non-hydrogen) atoms. The Kier molecular flexibility index (Phi) is 6.47. The van der Waals surface area contributed by atoms with E-state index in [4.69, 9.17) is 16.3 Å². The van der Waals surface area contributed by atoms with Gasteiger partial charge in [-0.15, -0.1) is 0 Å². The van der Waals surface area contributed by atoms with E-state index in [2.05, 4.69) is 10.3 Å². The Morgan fingerprint density at radius 3 is 2.71 bits per heavy atom. The van der Waals surface area contributed by atoms with E-state index in [0.717, 1.165) is 35.1 Å². The van der Waals surface area contributed by atoms with Gasteiger partial charge in [-0.25, -0.2) is 0 Å². The van der Waals surface area contributed by atoms with Gasteiger partial charge in [-0.3, -0.25) is 9.59 Å². The maximum absolute atomic E-state index is 12.9. The predicted molar refractivity (Wildman–Crippen MR) is 121 cm³/mol. The van der Waals surface area contributed by atoms with Gasteiger partial charge in [-0.1, -0.05) is 23.7 Å². The SMILES string of the molecule is COc1ccc2cc(C(=O)N3CCC(CC(=O)NCc4cccc(Cl)c4)CC3)[nH]c2c1. The smallest absolute Gasteiger partial charge is 0.270 e. The standard InChI is InChI=1S/C24H26ClN3O3/c1-31-20-6-5-18-13-22(27-21(18)14-20)24(30)28-9-7-16(8-10-28)12-23(29)26-15-17-3-2-4-19(25)11-17/h2-6,11,13-14,16,27H,7-10,12,15H2,1H3,(H,26,29). The molecule has 6 nitrogen and oxygen atoms in total. The number of rotatable bonds is 6. The summed E-state index contributed by atoms with van der Waals surface area (Å²) < 4.78 is 5.25. The summed E-state index contributed by atoms with van der Waals surface area (Å²) in [5.41, 5.74) is 2.45. The van der Waals surface area contributed by atoms with Gasteiger partial charge in [0.05, 0.1) is 7.11 Å². The molecule has 2 N–H and O–H groups in total. The number of halogens is 1. The van der Waals surface area contributed by atoms with Crippen molar-refractivity contribution in [2.24, 2.45) is 5.92 Å². The summed E-state index contributed by atoms with van der Waals surface area (Å²) in [7, 11) is 1.62. The van der Waals surface area contributed by atoms with Crippen LogP contribution in [-0.2, 0) is 11.3 Å². The van der Waals surface area contributed by atoms with Crippen molar-refractivity contribution in [3.05, 3.63) is 64.8 Å². The molecule has 7 heteroatoms. The lowest BCUT2D eigenvalue weighted by atomic mass is 9.93. The van der Waals surface area contributed by atoms with Crippen molar-refractivity contribution in [1.82, 2.24) is 15.2 Å². The Bertz CT molecular complexity index is 1090. The first-order chi connectivity index (χ1) is 15.0. The number of hydrogen-bond donors (Lipinski definition) is 2. The van der Waals surface area contributed by atoms with Crippen LogP contribution in [0.5, 0.6) is 5.75 Å². The molecule has 0 spiro atoms. The average Bonchev–Trinajstić information content (AvgIpc) is 3.21. The number of ether oxygens (including phenoxy) is 1. The van der Waals surface area contributed by atoms with Gasteiger partial charge in [0.15, 0.2) is 0 Å². The maximum atomic E-state index is 12.9. The van der Waals surface area contributed by atoms with Crippen LogP contribution >= 0.6 is 11.6 Å². The van der Waals surface area contributed by atoms with E-state index >= 15 is 0 Å². The van der Waals surface area contributed by atoms with Crippen molar-refractivity contribution in [1.29, 1.82) is 0 Å². The Morgan fingerprint density at radius 2 is 1.97 bits per heavy atom. The highest BCUT2D eigenvalue weighted by atomic mass is 35.5. The number of aromatic nitrogens is 1. The molecule has 0 bridgehead atoms. The zero-order valence-corrected chi connectivity index (χ0v) is 18.2. The second-order valence-corrected chi connectivity index (χ2v) is 8.42. The number of likely N-dealkylation sites (tertiary alicyclic amines) is 1. The molecule has 1 fully saturated rings. The lowest BCUT2D eigenvalue weighted by molar-refractivity contribution is -0.122. The molecule has 0 saturated carbocycles. The fourth-order valence-corrected chi connectivity index (χ4v) is 4.25. The molecule has 2 amide bonds. The first-order valence-corrected chi connectivity index (χ1v) is 10.9. The highest BCUT2D eigenvalue weighted by Gasteiger charge is 2.26. The fraction of sp³-hybridized carbons (Fsp3) is 0.333. The van der Waals surface area contributed by atoms with Crippen LogP contribution in [0.25, 0.3) is 10.9 Å². The molecular weight excluding hydrogens is 414 g/mol. The van der Waals surface area contributed by atoms with Crippen LogP contribution in [0.1, 0.15) is 35.3 Å². The van der Waals surface area contributed by atoms with Crippen molar-refractivity contribution in [3.63, 3.8) is 0 Å². The number of amides is 2. The number of H-pyrrole nitrogens is 1. The monoisotopic (exact) mass is 439 g/mol. The fourth-order valence-electron chi connectivity index (χ4n) is 4.04. The number of nitrogens with zero attached hydrogens (tertiary/aromatic N) is 1. The van der Waals surface area contributed by atoms with E-state index in [9.17, 15) is 9.59 Å².